The highest BCUT2D eigenvalue weighted by atomic mass is 15.3. The van der Waals surface area contributed by atoms with E-state index in [1.807, 2.05) is 54.6 Å². The van der Waals surface area contributed by atoms with Gasteiger partial charge in [0.2, 0.25) is 17.8 Å². The summed E-state index contributed by atoms with van der Waals surface area (Å²) in [6.07, 6.45) is 0. The van der Waals surface area contributed by atoms with Crippen molar-refractivity contribution in [3.63, 3.8) is 0 Å². The van der Waals surface area contributed by atoms with Crippen molar-refractivity contribution in [1.29, 1.82) is 0 Å². The maximum Gasteiger partial charge on any atom is 0.242 e. The van der Waals surface area contributed by atoms with Crippen molar-refractivity contribution >= 4 is 33.1 Å². The highest BCUT2D eigenvalue weighted by Crippen LogP contribution is 2.33. The topological polar surface area (TPSA) is 92.1 Å². The Morgan fingerprint density at radius 1 is 0.356 bits per heavy atom. The van der Waals surface area contributed by atoms with Gasteiger partial charge in [-0.25, -0.2) is 15.0 Å². The van der Waals surface area contributed by atoms with Gasteiger partial charge in [0.1, 0.15) is 17.5 Å². The van der Waals surface area contributed by atoms with Crippen molar-refractivity contribution in [3.05, 3.63) is 90.3 Å². The minimum Gasteiger partial charge on any atom is -0.264 e. The number of imidazole rings is 3. The molecule has 0 saturated heterocycles. The third-order valence-electron chi connectivity index (χ3n) is 7.89. The highest BCUT2D eigenvalue weighted by Gasteiger charge is 2.31. The van der Waals surface area contributed by atoms with Gasteiger partial charge in [-0.1, -0.05) is 98.7 Å². The Morgan fingerprint density at radius 3 is 0.844 bits per heavy atom. The maximum absolute atomic E-state index is 5.24. The zero-order valence-electron chi connectivity index (χ0n) is 27.5. The van der Waals surface area contributed by atoms with Crippen LogP contribution in [0, 0.1) is 0 Å². The molecule has 0 aliphatic heterocycles. The molecule has 228 valence electrons. The number of hydrogen-bond donors (Lipinski definition) is 0. The molecule has 3 aromatic carbocycles. The lowest BCUT2D eigenvalue weighted by Crippen LogP contribution is -2.24. The molecular formula is C36H39N9. The molecule has 4 heterocycles. The zero-order chi connectivity index (χ0) is 31.9. The molecule has 9 heteroatoms. The second-order valence-electron chi connectivity index (χ2n) is 14.8. The number of rotatable bonds is 3. The average molecular weight is 598 g/mol. The van der Waals surface area contributed by atoms with E-state index in [0.717, 1.165) is 50.6 Å². The molecule has 0 unspecified atom stereocenters. The standard InChI is InChI=1S/C36H39N9/c1-34(2,3)28-37-22-16-10-13-19-25(22)43(28)31-40-32(44-26-20-14-11-17-23(26)38-29(44)35(4,5)6)42-33(41-31)45-27-21-15-12-18-24(27)39-30(45)36(7,8)9/h10-21H,1-9H3. The van der Waals surface area contributed by atoms with Gasteiger partial charge in [0.15, 0.2) is 0 Å². The SMILES string of the molecule is CC(C)(C)c1nc2ccccc2n1-c1nc(-n2c(C(C)(C)C)nc3ccccc32)nc(-n2c(C(C)(C)C)nc3ccccc32)n1. The molecular weight excluding hydrogens is 558 g/mol. The molecule has 9 nitrogen and oxygen atoms in total. The van der Waals surface area contributed by atoms with Crippen LogP contribution in [-0.2, 0) is 16.2 Å². The first-order valence-electron chi connectivity index (χ1n) is 15.4. The largest absolute Gasteiger partial charge is 0.264 e. The first-order valence-corrected chi connectivity index (χ1v) is 15.4. The van der Waals surface area contributed by atoms with Crippen molar-refractivity contribution in [1.82, 2.24) is 43.6 Å². The lowest BCUT2D eigenvalue weighted by molar-refractivity contribution is 0.524. The number of benzene rings is 3. The molecule has 0 aliphatic carbocycles. The summed E-state index contributed by atoms with van der Waals surface area (Å²) in [6, 6.07) is 24.4. The van der Waals surface area contributed by atoms with E-state index in [1.54, 1.807) is 0 Å². The zero-order valence-corrected chi connectivity index (χ0v) is 27.5. The van der Waals surface area contributed by atoms with Gasteiger partial charge in [0, 0.05) is 16.2 Å². The van der Waals surface area contributed by atoms with Gasteiger partial charge in [-0.3, -0.25) is 13.7 Å². The first-order chi connectivity index (χ1) is 21.2. The van der Waals surface area contributed by atoms with Crippen LogP contribution in [0.15, 0.2) is 72.8 Å². The van der Waals surface area contributed by atoms with Crippen LogP contribution in [0.5, 0.6) is 0 Å². The second-order valence-corrected chi connectivity index (χ2v) is 14.8. The quantitative estimate of drug-likeness (QED) is 0.207. The fourth-order valence-corrected chi connectivity index (χ4v) is 5.84. The van der Waals surface area contributed by atoms with Gasteiger partial charge in [0.05, 0.1) is 33.1 Å². The minimum absolute atomic E-state index is 0.289. The van der Waals surface area contributed by atoms with E-state index < -0.39 is 0 Å². The average Bonchev–Trinajstić information content (AvgIpc) is 3.68. The molecule has 0 aliphatic rings. The van der Waals surface area contributed by atoms with E-state index in [-0.39, 0.29) is 16.2 Å². The van der Waals surface area contributed by atoms with E-state index in [0.29, 0.717) is 17.8 Å². The minimum atomic E-state index is -0.289. The summed E-state index contributed by atoms with van der Waals surface area (Å²) >= 11 is 0. The van der Waals surface area contributed by atoms with Crippen LogP contribution < -0.4 is 0 Å². The summed E-state index contributed by atoms with van der Waals surface area (Å²) in [5.74, 6) is 4.07. The van der Waals surface area contributed by atoms with Crippen LogP contribution in [0.1, 0.15) is 79.8 Å². The van der Waals surface area contributed by atoms with E-state index in [4.69, 9.17) is 29.9 Å². The van der Waals surface area contributed by atoms with Crippen molar-refractivity contribution in [2.24, 2.45) is 0 Å². The summed E-state index contributed by atoms with van der Waals surface area (Å²) in [6.45, 7) is 19.5. The van der Waals surface area contributed by atoms with E-state index in [1.165, 1.54) is 0 Å². The van der Waals surface area contributed by atoms with E-state index in [2.05, 4.69) is 94.2 Å². The van der Waals surface area contributed by atoms with Crippen LogP contribution in [0.25, 0.3) is 50.9 Å². The van der Waals surface area contributed by atoms with Gasteiger partial charge in [0.25, 0.3) is 0 Å². The van der Waals surface area contributed by atoms with Gasteiger partial charge in [-0.15, -0.1) is 0 Å². The molecule has 0 saturated carbocycles. The van der Waals surface area contributed by atoms with E-state index in [9.17, 15) is 0 Å². The van der Waals surface area contributed by atoms with Crippen molar-refractivity contribution in [3.8, 4) is 17.8 Å². The molecule has 7 rings (SSSR count). The van der Waals surface area contributed by atoms with Crippen LogP contribution in [0.4, 0.5) is 0 Å². The molecule has 0 amide bonds. The lowest BCUT2D eigenvalue weighted by atomic mass is 9.95. The van der Waals surface area contributed by atoms with Crippen LogP contribution in [0.2, 0.25) is 0 Å². The molecule has 0 radical (unpaired) electrons. The summed E-state index contributed by atoms with van der Waals surface area (Å²) in [7, 11) is 0. The summed E-state index contributed by atoms with van der Waals surface area (Å²) < 4.78 is 6.24. The Balaban J connectivity index is 1.65. The Hall–Kier alpha value is -4.92. The smallest absolute Gasteiger partial charge is 0.242 e. The van der Waals surface area contributed by atoms with Crippen LogP contribution in [-0.4, -0.2) is 43.6 Å². The first kappa shape index (κ1) is 28.8. The normalized spacial score (nSPS) is 13.0. The monoisotopic (exact) mass is 597 g/mol. The van der Waals surface area contributed by atoms with Crippen LogP contribution >= 0.6 is 0 Å². The number of hydrogen-bond acceptors (Lipinski definition) is 6. The third kappa shape index (κ3) is 4.77. The summed E-state index contributed by atoms with van der Waals surface area (Å²) in [4.78, 5) is 31.0. The predicted octanol–water partition coefficient (Wildman–Crippen LogP) is 7.78. The third-order valence-corrected chi connectivity index (χ3v) is 7.89. The summed E-state index contributed by atoms with van der Waals surface area (Å²) in [5, 5.41) is 0. The van der Waals surface area contributed by atoms with Crippen LogP contribution in [0.3, 0.4) is 0 Å². The Labute approximate surface area is 263 Å². The molecule has 0 atom stereocenters. The Morgan fingerprint density at radius 2 is 0.600 bits per heavy atom. The Kier molecular flexibility index (Phi) is 6.27. The number of aromatic nitrogens is 9. The Bertz CT molecular complexity index is 1960. The molecule has 0 N–H and O–H groups in total. The molecule has 45 heavy (non-hydrogen) atoms. The summed E-state index contributed by atoms with van der Waals surface area (Å²) in [5.41, 5.74) is 4.59. The number of para-hydroxylation sites is 6. The fourth-order valence-electron chi connectivity index (χ4n) is 5.84. The fraction of sp³-hybridized carbons (Fsp3) is 0.333. The van der Waals surface area contributed by atoms with Gasteiger partial charge in [-0.05, 0) is 36.4 Å². The van der Waals surface area contributed by atoms with Crippen molar-refractivity contribution in [2.75, 3.05) is 0 Å². The number of nitrogens with zero attached hydrogens (tertiary/aromatic N) is 9. The van der Waals surface area contributed by atoms with Gasteiger partial charge >= 0.3 is 0 Å². The van der Waals surface area contributed by atoms with Gasteiger partial charge < -0.3 is 0 Å². The second kappa shape index (κ2) is 9.79. The molecule has 0 fully saturated rings. The highest BCUT2D eigenvalue weighted by molar-refractivity contribution is 5.80. The number of fused-ring (bicyclic) bond motifs is 3. The lowest BCUT2D eigenvalue weighted by Gasteiger charge is -2.23. The molecule has 0 spiro atoms. The maximum atomic E-state index is 5.24. The molecule has 7 aromatic rings. The van der Waals surface area contributed by atoms with Crippen molar-refractivity contribution < 1.29 is 0 Å². The van der Waals surface area contributed by atoms with Crippen molar-refractivity contribution in [2.45, 2.75) is 78.6 Å². The van der Waals surface area contributed by atoms with Gasteiger partial charge in [-0.2, -0.15) is 15.0 Å². The van der Waals surface area contributed by atoms with E-state index >= 15 is 0 Å². The molecule has 0 bridgehead atoms. The molecule has 4 aromatic heterocycles. The predicted molar refractivity (Wildman–Crippen MR) is 180 cm³/mol.